The van der Waals surface area contributed by atoms with Crippen LogP contribution in [0, 0.1) is 0 Å². The molecule has 0 atom stereocenters. The highest BCUT2D eigenvalue weighted by Crippen LogP contribution is 2.15. The maximum Gasteiger partial charge on any atom is 0.240 e. The third-order valence-electron chi connectivity index (χ3n) is 3.30. The van der Waals surface area contributed by atoms with E-state index in [1.807, 2.05) is 31.2 Å². The van der Waals surface area contributed by atoms with Crippen LogP contribution < -0.4 is 15.5 Å². The molecule has 6 nitrogen and oxygen atoms in total. The fraction of sp³-hybridized carbons (Fsp3) is 0.211. The molecule has 0 aliphatic rings. The first kappa shape index (κ1) is 19.7. The van der Waals surface area contributed by atoms with E-state index in [4.69, 9.17) is 4.74 Å². The van der Waals surface area contributed by atoms with Gasteiger partial charge in [-0.05, 0) is 48.9 Å². The maximum absolute atomic E-state index is 11.9. The van der Waals surface area contributed by atoms with Gasteiger partial charge >= 0.3 is 0 Å². The lowest BCUT2D eigenvalue weighted by atomic mass is 10.2. The number of ether oxygens (including phenoxy) is 1. The Hall–Kier alpha value is -2.67. The molecule has 136 valence electrons. The molecule has 2 aromatic rings. The van der Waals surface area contributed by atoms with Gasteiger partial charge in [0.05, 0.1) is 12.8 Å². The van der Waals surface area contributed by atoms with Crippen LogP contribution in [0.15, 0.2) is 58.1 Å². The summed E-state index contributed by atoms with van der Waals surface area (Å²) in [5.74, 6) is 0.190. The van der Waals surface area contributed by atoms with Crippen LogP contribution in [0.2, 0.25) is 0 Å². The van der Waals surface area contributed by atoms with Gasteiger partial charge in [0.1, 0.15) is 5.75 Å². The van der Waals surface area contributed by atoms with Crippen LogP contribution in [0.5, 0.6) is 5.75 Å². The number of nitrogens with one attached hydrogen (secondary N) is 2. The predicted octanol–water partition coefficient (Wildman–Crippen LogP) is 3.72. The van der Waals surface area contributed by atoms with Crippen molar-refractivity contribution in [2.75, 3.05) is 11.9 Å². The van der Waals surface area contributed by atoms with Crippen molar-refractivity contribution in [2.45, 2.75) is 19.8 Å². The summed E-state index contributed by atoms with van der Waals surface area (Å²) in [4.78, 5) is 23.6. The van der Waals surface area contributed by atoms with Crippen molar-refractivity contribution >= 4 is 39.6 Å². The second kappa shape index (κ2) is 10.4. The molecule has 26 heavy (non-hydrogen) atoms. The molecule has 0 unspecified atom stereocenters. The molecule has 0 radical (unpaired) electrons. The minimum atomic E-state index is -0.319. The highest BCUT2D eigenvalue weighted by atomic mass is 79.9. The van der Waals surface area contributed by atoms with E-state index >= 15 is 0 Å². The molecule has 0 aromatic heterocycles. The SMILES string of the molecule is CCOc1ccc(NC(=O)CCC(=O)N/N=C/c2ccc(Br)cc2)cc1. The third-order valence-corrected chi connectivity index (χ3v) is 3.83. The summed E-state index contributed by atoms with van der Waals surface area (Å²) in [7, 11) is 0. The van der Waals surface area contributed by atoms with Crippen LogP contribution in [0.25, 0.3) is 0 Å². The zero-order valence-electron chi connectivity index (χ0n) is 14.4. The summed E-state index contributed by atoms with van der Waals surface area (Å²) in [6.45, 7) is 2.49. The van der Waals surface area contributed by atoms with E-state index in [1.165, 1.54) is 0 Å². The molecule has 0 saturated heterocycles. The molecule has 2 amide bonds. The Kier molecular flexibility index (Phi) is 7.82. The highest BCUT2D eigenvalue weighted by Gasteiger charge is 2.07. The molecule has 2 N–H and O–H groups in total. The number of rotatable bonds is 8. The summed E-state index contributed by atoms with van der Waals surface area (Å²) < 4.78 is 6.31. The van der Waals surface area contributed by atoms with Gasteiger partial charge < -0.3 is 10.1 Å². The van der Waals surface area contributed by atoms with Crippen molar-refractivity contribution < 1.29 is 14.3 Å². The van der Waals surface area contributed by atoms with E-state index in [-0.39, 0.29) is 24.7 Å². The van der Waals surface area contributed by atoms with E-state index in [2.05, 4.69) is 31.8 Å². The predicted molar refractivity (Wildman–Crippen MR) is 105 cm³/mol. The first-order valence-electron chi connectivity index (χ1n) is 8.17. The minimum Gasteiger partial charge on any atom is -0.494 e. The van der Waals surface area contributed by atoms with Gasteiger partial charge in [-0.3, -0.25) is 9.59 Å². The summed E-state index contributed by atoms with van der Waals surface area (Å²) in [5.41, 5.74) is 3.93. The Morgan fingerprint density at radius 1 is 1.04 bits per heavy atom. The number of benzene rings is 2. The molecule has 0 fully saturated rings. The zero-order chi connectivity index (χ0) is 18.8. The van der Waals surface area contributed by atoms with Gasteiger partial charge in [-0.15, -0.1) is 0 Å². The molecule has 2 rings (SSSR count). The molecular weight excluding hydrogens is 398 g/mol. The van der Waals surface area contributed by atoms with Crippen molar-refractivity contribution in [3.8, 4) is 5.75 Å². The average molecular weight is 418 g/mol. The Morgan fingerprint density at radius 2 is 1.69 bits per heavy atom. The topological polar surface area (TPSA) is 79.8 Å². The van der Waals surface area contributed by atoms with Gasteiger partial charge in [0.2, 0.25) is 11.8 Å². The van der Waals surface area contributed by atoms with Gasteiger partial charge in [-0.1, -0.05) is 28.1 Å². The number of hydrogen-bond acceptors (Lipinski definition) is 4. The molecular formula is C19H20BrN3O3. The number of carbonyl (C=O) groups excluding carboxylic acids is 2. The second-order valence-electron chi connectivity index (χ2n) is 5.35. The number of halogens is 1. The van der Waals surface area contributed by atoms with Crippen LogP contribution in [0.4, 0.5) is 5.69 Å². The lowest BCUT2D eigenvalue weighted by Crippen LogP contribution is -2.20. The van der Waals surface area contributed by atoms with Gasteiger partial charge in [-0.2, -0.15) is 5.10 Å². The monoisotopic (exact) mass is 417 g/mol. The van der Waals surface area contributed by atoms with Crippen LogP contribution in [-0.4, -0.2) is 24.6 Å². The van der Waals surface area contributed by atoms with Crippen LogP contribution in [-0.2, 0) is 9.59 Å². The van der Waals surface area contributed by atoms with Gasteiger partial charge in [0.25, 0.3) is 0 Å². The summed E-state index contributed by atoms with van der Waals surface area (Å²) >= 11 is 3.35. The lowest BCUT2D eigenvalue weighted by molar-refractivity contribution is -0.124. The number of hydrogen-bond donors (Lipinski definition) is 2. The molecule has 7 heteroatoms. The quantitative estimate of drug-likeness (QED) is 0.507. The number of amides is 2. The fourth-order valence-electron chi connectivity index (χ4n) is 2.04. The van der Waals surface area contributed by atoms with E-state index in [1.54, 1.807) is 30.5 Å². The van der Waals surface area contributed by atoms with Gasteiger partial charge in [0, 0.05) is 23.0 Å². The van der Waals surface area contributed by atoms with Crippen molar-refractivity contribution in [3.63, 3.8) is 0 Å². The largest absolute Gasteiger partial charge is 0.494 e. The number of carbonyl (C=O) groups is 2. The molecule has 0 heterocycles. The van der Waals surface area contributed by atoms with Crippen molar-refractivity contribution in [1.82, 2.24) is 5.43 Å². The third kappa shape index (κ3) is 7.06. The first-order chi connectivity index (χ1) is 12.6. The average Bonchev–Trinajstić information content (AvgIpc) is 2.63. The van der Waals surface area contributed by atoms with Crippen molar-refractivity contribution in [3.05, 3.63) is 58.6 Å². The standard InChI is InChI=1S/C19H20BrN3O3/c1-2-26-17-9-7-16(8-10-17)22-18(24)11-12-19(25)23-21-13-14-3-5-15(20)6-4-14/h3-10,13H,2,11-12H2,1H3,(H,22,24)(H,23,25)/b21-13+. The summed E-state index contributed by atoms with van der Waals surface area (Å²) in [6, 6.07) is 14.6. The first-order valence-corrected chi connectivity index (χ1v) is 8.96. The normalized spacial score (nSPS) is 10.5. The van der Waals surface area contributed by atoms with E-state index in [9.17, 15) is 9.59 Å². The maximum atomic E-state index is 11.9. The summed E-state index contributed by atoms with van der Waals surface area (Å²) in [6.07, 6.45) is 1.68. The number of nitrogens with zero attached hydrogens (tertiary/aromatic N) is 1. The summed E-state index contributed by atoms with van der Waals surface area (Å²) in [5, 5.41) is 6.61. The lowest BCUT2D eigenvalue weighted by Gasteiger charge is -2.07. The molecule has 0 aliphatic heterocycles. The van der Waals surface area contributed by atoms with Crippen LogP contribution >= 0.6 is 15.9 Å². The Bertz CT molecular complexity index is 759. The number of anilines is 1. The number of hydrazone groups is 1. The van der Waals surface area contributed by atoms with Gasteiger partial charge in [-0.25, -0.2) is 5.43 Å². The minimum absolute atomic E-state index is 0.0561. The van der Waals surface area contributed by atoms with Crippen molar-refractivity contribution in [1.29, 1.82) is 0 Å². The molecule has 0 spiro atoms. The Morgan fingerprint density at radius 3 is 2.35 bits per heavy atom. The molecule has 0 aliphatic carbocycles. The molecule has 2 aromatic carbocycles. The zero-order valence-corrected chi connectivity index (χ0v) is 16.0. The highest BCUT2D eigenvalue weighted by molar-refractivity contribution is 9.10. The van der Waals surface area contributed by atoms with E-state index < -0.39 is 0 Å². The Labute approximate surface area is 160 Å². The smallest absolute Gasteiger partial charge is 0.240 e. The van der Waals surface area contributed by atoms with Crippen LogP contribution in [0.3, 0.4) is 0 Å². The molecule has 0 bridgehead atoms. The van der Waals surface area contributed by atoms with Crippen molar-refractivity contribution in [2.24, 2.45) is 5.10 Å². The fourth-order valence-corrected chi connectivity index (χ4v) is 2.30. The Balaban J connectivity index is 1.70. The van der Waals surface area contributed by atoms with Crippen LogP contribution in [0.1, 0.15) is 25.3 Å². The van der Waals surface area contributed by atoms with E-state index in [0.29, 0.717) is 12.3 Å². The second-order valence-corrected chi connectivity index (χ2v) is 6.27. The van der Waals surface area contributed by atoms with Gasteiger partial charge in [0.15, 0.2) is 0 Å². The molecule has 0 saturated carbocycles. The van der Waals surface area contributed by atoms with E-state index in [0.717, 1.165) is 15.8 Å².